The van der Waals surface area contributed by atoms with Crippen LogP contribution in [0.3, 0.4) is 0 Å². The molecule has 0 bridgehead atoms. The first-order valence-electron chi connectivity index (χ1n) is 17.1. The predicted molar refractivity (Wildman–Crippen MR) is 190 cm³/mol. The number of ether oxygens (including phenoxy) is 2. The van der Waals surface area contributed by atoms with Gasteiger partial charge in [-0.1, -0.05) is 81.3 Å². The Morgan fingerprint density at radius 3 is 1.92 bits per heavy atom. The number of carbonyl (C=O) groups is 4. The van der Waals surface area contributed by atoms with Gasteiger partial charge in [-0.15, -0.1) is 0 Å². The van der Waals surface area contributed by atoms with Crippen LogP contribution in [0.25, 0.3) is 0 Å². The second-order valence-electron chi connectivity index (χ2n) is 15.4. The van der Waals surface area contributed by atoms with E-state index in [2.05, 4.69) is 10.6 Å². The van der Waals surface area contributed by atoms with Gasteiger partial charge in [-0.25, -0.2) is 9.59 Å². The molecule has 0 heterocycles. The van der Waals surface area contributed by atoms with Crippen molar-refractivity contribution in [3.63, 3.8) is 0 Å². The Balaban J connectivity index is 2.78. The lowest BCUT2D eigenvalue weighted by Crippen LogP contribution is -2.61. The van der Waals surface area contributed by atoms with Gasteiger partial charge in [0.2, 0.25) is 11.8 Å². The summed E-state index contributed by atoms with van der Waals surface area (Å²) in [5.74, 6) is -1.79. The average Bonchev–Trinajstić information content (AvgIpc) is 2.97. The zero-order valence-corrected chi connectivity index (χ0v) is 31.4. The normalized spacial score (nSPS) is 14.6. The Labute approximate surface area is 288 Å². The maximum Gasteiger partial charge on any atom is 0.408 e. The molecule has 3 amide bonds. The van der Waals surface area contributed by atoms with Crippen molar-refractivity contribution < 1.29 is 28.7 Å². The topological polar surface area (TPSA) is 114 Å². The van der Waals surface area contributed by atoms with Crippen molar-refractivity contribution in [3.8, 4) is 0 Å². The number of amides is 3. The van der Waals surface area contributed by atoms with Crippen LogP contribution >= 0.6 is 0 Å². The Morgan fingerprint density at radius 2 is 1.40 bits per heavy atom. The van der Waals surface area contributed by atoms with Crippen LogP contribution in [0.2, 0.25) is 0 Å². The number of hydrogen-bond acceptors (Lipinski definition) is 6. The molecule has 0 aromatic heterocycles. The van der Waals surface area contributed by atoms with Gasteiger partial charge in [-0.3, -0.25) is 9.59 Å². The van der Waals surface area contributed by atoms with Crippen LogP contribution in [-0.4, -0.2) is 57.6 Å². The summed E-state index contributed by atoms with van der Waals surface area (Å²) in [7, 11) is 0. The van der Waals surface area contributed by atoms with E-state index in [1.165, 1.54) is 0 Å². The predicted octanol–water partition coefficient (Wildman–Crippen LogP) is 7.37. The zero-order valence-electron chi connectivity index (χ0n) is 31.4. The lowest BCUT2D eigenvalue weighted by atomic mass is 9.87. The first kappa shape index (κ1) is 40.3. The molecule has 0 aliphatic heterocycles. The lowest BCUT2D eigenvalue weighted by molar-refractivity contribution is -0.159. The molecule has 0 saturated heterocycles. The Bertz CT molecular complexity index is 1410. The second kappa shape index (κ2) is 16.5. The molecule has 2 rings (SSSR count). The molecule has 2 aromatic rings. The van der Waals surface area contributed by atoms with Gasteiger partial charge in [0.1, 0.15) is 29.3 Å². The minimum absolute atomic E-state index is 0.196. The minimum atomic E-state index is -1.14. The van der Waals surface area contributed by atoms with Gasteiger partial charge >= 0.3 is 12.1 Å². The lowest BCUT2D eigenvalue weighted by Gasteiger charge is -2.46. The zero-order chi connectivity index (χ0) is 36.6. The third kappa shape index (κ3) is 11.7. The highest BCUT2D eigenvalue weighted by atomic mass is 16.6. The Hall–Kier alpha value is -3.88. The molecule has 0 fully saturated rings. The van der Waals surface area contributed by atoms with E-state index >= 15 is 0 Å². The van der Waals surface area contributed by atoms with Gasteiger partial charge in [0.25, 0.3) is 0 Å². The number of nitrogens with one attached hydrogen (secondary N) is 2. The Kier molecular flexibility index (Phi) is 13.8. The molecule has 4 unspecified atom stereocenters. The van der Waals surface area contributed by atoms with Crippen molar-refractivity contribution in [2.75, 3.05) is 0 Å². The maximum atomic E-state index is 14.9. The van der Waals surface area contributed by atoms with Crippen LogP contribution in [0, 0.1) is 19.8 Å². The molecule has 266 valence electrons. The molecule has 0 radical (unpaired) electrons. The second-order valence-corrected chi connectivity index (χ2v) is 15.4. The fourth-order valence-corrected chi connectivity index (χ4v) is 5.33. The van der Waals surface area contributed by atoms with E-state index in [0.717, 1.165) is 16.7 Å². The molecule has 9 heteroatoms. The summed E-state index contributed by atoms with van der Waals surface area (Å²) in [5.41, 5.74) is 0.786. The van der Waals surface area contributed by atoms with Crippen LogP contribution in [0.4, 0.5) is 4.79 Å². The maximum absolute atomic E-state index is 14.9. The third-order valence-electron chi connectivity index (χ3n) is 8.43. The fourth-order valence-electron chi connectivity index (χ4n) is 5.33. The van der Waals surface area contributed by atoms with Crippen molar-refractivity contribution in [1.29, 1.82) is 0 Å². The van der Waals surface area contributed by atoms with Crippen molar-refractivity contribution >= 4 is 23.9 Å². The molecule has 2 N–H and O–H groups in total. The summed E-state index contributed by atoms with van der Waals surface area (Å²) in [5, 5.41) is 5.83. The standard InChI is InChI=1S/C39H59N3O6/c1-14-26(4)31(41-36(46)48-38(9,10)11)34(44)42(39(12,13)15-2)32(29-23-25(3)21-22-27(29)5)33(43)40-30(35(45)47-37(6,7)8)24-28-19-17-16-18-20-28/h16-23,26,30-32H,14-15,24H2,1-13H3,(H,40,43)(H,41,46). The van der Waals surface area contributed by atoms with Crippen LogP contribution < -0.4 is 10.6 Å². The molecule has 0 aliphatic carbocycles. The van der Waals surface area contributed by atoms with Crippen LogP contribution in [-0.2, 0) is 30.3 Å². The van der Waals surface area contributed by atoms with Crippen LogP contribution in [0.1, 0.15) is 117 Å². The summed E-state index contributed by atoms with van der Waals surface area (Å²) >= 11 is 0. The van der Waals surface area contributed by atoms with Crippen molar-refractivity contribution in [3.05, 3.63) is 70.8 Å². The van der Waals surface area contributed by atoms with Crippen molar-refractivity contribution in [1.82, 2.24) is 15.5 Å². The number of carbonyl (C=O) groups excluding carboxylic acids is 4. The molecule has 48 heavy (non-hydrogen) atoms. The average molecular weight is 666 g/mol. The number of aryl methyl sites for hydroxylation is 2. The highest BCUT2D eigenvalue weighted by Crippen LogP contribution is 2.35. The highest BCUT2D eigenvalue weighted by Gasteiger charge is 2.45. The first-order valence-corrected chi connectivity index (χ1v) is 17.1. The number of benzene rings is 2. The molecule has 2 aromatic carbocycles. The largest absolute Gasteiger partial charge is 0.458 e. The molecular formula is C39H59N3O6. The van der Waals surface area contributed by atoms with Gasteiger partial charge in [0.15, 0.2) is 0 Å². The third-order valence-corrected chi connectivity index (χ3v) is 8.43. The van der Waals surface area contributed by atoms with E-state index in [1.807, 2.05) is 97.0 Å². The van der Waals surface area contributed by atoms with Crippen LogP contribution in [0.15, 0.2) is 48.5 Å². The van der Waals surface area contributed by atoms with Gasteiger partial charge in [0.05, 0.1) is 0 Å². The van der Waals surface area contributed by atoms with Gasteiger partial charge in [-0.2, -0.15) is 0 Å². The minimum Gasteiger partial charge on any atom is -0.458 e. The highest BCUT2D eigenvalue weighted by molar-refractivity contribution is 5.94. The van der Waals surface area contributed by atoms with Gasteiger partial charge in [0, 0.05) is 12.0 Å². The molecule has 0 saturated carbocycles. The van der Waals surface area contributed by atoms with E-state index in [-0.39, 0.29) is 12.3 Å². The van der Waals surface area contributed by atoms with Crippen molar-refractivity contribution in [2.24, 2.45) is 5.92 Å². The SMILES string of the molecule is CCC(C)C(NC(=O)OC(C)(C)C)C(=O)N(C(C(=O)NC(Cc1ccccc1)C(=O)OC(C)(C)C)c1cc(C)ccc1C)C(C)(C)CC. The van der Waals surface area contributed by atoms with E-state index in [0.29, 0.717) is 18.4 Å². The number of rotatable bonds is 13. The smallest absolute Gasteiger partial charge is 0.408 e. The molecule has 0 aliphatic rings. The van der Waals surface area contributed by atoms with Gasteiger partial charge < -0.3 is 25.0 Å². The number of alkyl carbamates (subject to hydrolysis) is 1. The fraction of sp³-hybridized carbons (Fsp3) is 0.590. The quantitative estimate of drug-likeness (QED) is 0.216. The van der Waals surface area contributed by atoms with E-state index in [4.69, 9.17) is 9.47 Å². The molecule has 4 atom stereocenters. The number of esters is 1. The number of nitrogens with zero attached hydrogens (tertiary/aromatic N) is 1. The molecule has 9 nitrogen and oxygen atoms in total. The number of hydrogen-bond donors (Lipinski definition) is 2. The summed E-state index contributed by atoms with van der Waals surface area (Å²) in [6.45, 7) is 24.1. The molecule has 0 spiro atoms. The summed E-state index contributed by atoms with van der Waals surface area (Å²) in [4.78, 5) is 58.1. The first-order chi connectivity index (χ1) is 22.1. The van der Waals surface area contributed by atoms with E-state index in [9.17, 15) is 19.2 Å². The molecular weight excluding hydrogens is 606 g/mol. The summed E-state index contributed by atoms with van der Waals surface area (Å²) < 4.78 is 11.3. The van der Waals surface area contributed by atoms with E-state index < -0.39 is 58.7 Å². The van der Waals surface area contributed by atoms with Gasteiger partial charge in [-0.05, 0) is 98.3 Å². The summed E-state index contributed by atoms with van der Waals surface area (Å²) in [6, 6.07) is 12.0. The van der Waals surface area contributed by atoms with E-state index in [1.54, 1.807) is 46.4 Å². The summed E-state index contributed by atoms with van der Waals surface area (Å²) in [6.07, 6.45) is 0.579. The van der Waals surface area contributed by atoms with Crippen LogP contribution in [0.5, 0.6) is 0 Å². The van der Waals surface area contributed by atoms with Crippen molar-refractivity contribution in [2.45, 2.75) is 144 Å². The Morgan fingerprint density at radius 1 is 0.812 bits per heavy atom. The monoisotopic (exact) mass is 665 g/mol.